The van der Waals surface area contributed by atoms with Gasteiger partial charge in [-0.05, 0) is 12.5 Å². The molecule has 1 aromatic rings. The van der Waals surface area contributed by atoms with Crippen LogP contribution in [0.4, 0.5) is 22.0 Å². The Kier molecular flexibility index (Phi) is 2.54. The van der Waals surface area contributed by atoms with E-state index in [9.17, 15) is 22.0 Å². The molecule has 0 saturated carbocycles. The summed E-state index contributed by atoms with van der Waals surface area (Å²) >= 11 is 0. The van der Waals surface area contributed by atoms with Gasteiger partial charge in [0.1, 0.15) is 6.67 Å². The zero-order valence-electron chi connectivity index (χ0n) is 6.60. The first-order chi connectivity index (χ1) is 6.00. The maximum absolute atomic E-state index is 12.7. The minimum atomic E-state index is -1.98. The molecule has 0 saturated heterocycles. The van der Waals surface area contributed by atoms with E-state index in [1.807, 2.05) is 0 Å². The molecule has 0 aromatic heterocycles. The van der Waals surface area contributed by atoms with E-state index >= 15 is 0 Å². The number of halogens is 5. The Morgan fingerprint density at radius 2 is 1.31 bits per heavy atom. The van der Waals surface area contributed by atoms with Crippen LogP contribution in [0.25, 0.3) is 0 Å². The molecule has 0 aliphatic rings. The molecule has 0 N–H and O–H groups in total. The van der Waals surface area contributed by atoms with Crippen molar-refractivity contribution in [3.63, 3.8) is 0 Å². The molecule has 5 heteroatoms. The van der Waals surface area contributed by atoms with Crippen molar-refractivity contribution in [1.29, 1.82) is 0 Å². The van der Waals surface area contributed by atoms with E-state index in [0.29, 0.717) is 0 Å². The van der Waals surface area contributed by atoms with Crippen LogP contribution in [0.15, 0.2) is 0 Å². The standard InChI is InChI=1S/C8H5F5/c1-3-4(2-9)6(11)8(13)7(12)5(3)10/h2H2,1H3. The molecule has 0 bridgehead atoms. The van der Waals surface area contributed by atoms with E-state index in [-0.39, 0.29) is 0 Å². The van der Waals surface area contributed by atoms with Crippen molar-refractivity contribution in [3.8, 4) is 0 Å². The first-order valence-corrected chi connectivity index (χ1v) is 3.38. The van der Waals surface area contributed by atoms with E-state index in [4.69, 9.17) is 0 Å². The predicted molar refractivity (Wildman–Crippen MR) is 35.8 cm³/mol. The largest absolute Gasteiger partial charge is 0.246 e. The highest BCUT2D eigenvalue weighted by Crippen LogP contribution is 2.23. The molecule has 0 heterocycles. The smallest absolute Gasteiger partial charge is 0.197 e. The molecule has 0 spiro atoms. The Morgan fingerprint density at radius 3 is 1.77 bits per heavy atom. The molecule has 1 rings (SSSR count). The second kappa shape index (κ2) is 3.32. The highest BCUT2D eigenvalue weighted by molar-refractivity contribution is 5.30. The van der Waals surface area contributed by atoms with Gasteiger partial charge in [0.2, 0.25) is 0 Å². The first kappa shape index (κ1) is 9.95. The fourth-order valence-corrected chi connectivity index (χ4v) is 0.946. The molecule has 0 unspecified atom stereocenters. The molecule has 1 aromatic carbocycles. The fourth-order valence-electron chi connectivity index (χ4n) is 0.946. The van der Waals surface area contributed by atoms with Gasteiger partial charge in [0.25, 0.3) is 0 Å². The zero-order chi connectivity index (χ0) is 10.2. The van der Waals surface area contributed by atoms with Gasteiger partial charge in [-0.25, -0.2) is 22.0 Å². The van der Waals surface area contributed by atoms with E-state index in [1.165, 1.54) is 0 Å². The van der Waals surface area contributed by atoms with Crippen molar-refractivity contribution in [1.82, 2.24) is 0 Å². The maximum Gasteiger partial charge on any atom is 0.197 e. The monoisotopic (exact) mass is 196 g/mol. The second-order valence-corrected chi connectivity index (χ2v) is 2.49. The van der Waals surface area contributed by atoms with Crippen LogP contribution in [0.2, 0.25) is 0 Å². The van der Waals surface area contributed by atoms with Crippen LogP contribution in [0, 0.1) is 30.2 Å². The van der Waals surface area contributed by atoms with Crippen LogP contribution < -0.4 is 0 Å². The molecule has 0 nitrogen and oxygen atoms in total. The Morgan fingerprint density at radius 1 is 0.846 bits per heavy atom. The van der Waals surface area contributed by atoms with Crippen LogP contribution in [0.1, 0.15) is 11.1 Å². The molecule has 72 valence electrons. The minimum Gasteiger partial charge on any atom is -0.246 e. The highest BCUT2D eigenvalue weighted by Gasteiger charge is 2.22. The number of hydrogen-bond donors (Lipinski definition) is 0. The summed E-state index contributed by atoms with van der Waals surface area (Å²) in [5.74, 6) is -7.10. The minimum absolute atomic E-state index is 0.543. The van der Waals surface area contributed by atoms with E-state index in [0.717, 1.165) is 6.92 Å². The molecular formula is C8H5F5. The van der Waals surface area contributed by atoms with Gasteiger partial charge in [0.05, 0.1) is 0 Å². The predicted octanol–water partition coefficient (Wildman–Crippen LogP) is 3.02. The number of benzene rings is 1. The molecular weight excluding hydrogens is 191 g/mol. The lowest BCUT2D eigenvalue weighted by molar-refractivity contribution is 0.383. The SMILES string of the molecule is Cc1c(F)c(F)c(F)c(F)c1CF. The normalized spacial score (nSPS) is 10.6. The molecule has 0 fully saturated rings. The zero-order valence-corrected chi connectivity index (χ0v) is 6.60. The van der Waals surface area contributed by atoms with Crippen molar-refractivity contribution in [2.75, 3.05) is 0 Å². The van der Waals surface area contributed by atoms with Gasteiger partial charge < -0.3 is 0 Å². The fraction of sp³-hybridized carbons (Fsp3) is 0.250. The molecule has 0 radical (unpaired) electrons. The van der Waals surface area contributed by atoms with Crippen LogP contribution in [-0.4, -0.2) is 0 Å². The summed E-state index contributed by atoms with van der Waals surface area (Å²) in [6.07, 6.45) is 0. The molecule has 0 aliphatic carbocycles. The van der Waals surface area contributed by atoms with Crippen molar-refractivity contribution >= 4 is 0 Å². The quantitative estimate of drug-likeness (QED) is 0.368. The Balaban J connectivity index is 3.56. The summed E-state index contributed by atoms with van der Waals surface area (Å²) in [4.78, 5) is 0. The lowest BCUT2D eigenvalue weighted by Crippen LogP contribution is -2.04. The van der Waals surface area contributed by atoms with Gasteiger partial charge >= 0.3 is 0 Å². The van der Waals surface area contributed by atoms with Crippen LogP contribution in [0.3, 0.4) is 0 Å². The van der Waals surface area contributed by atoms with E-state index in [2.05, 4.69) is 0 Å². The number of alkyl halides is 1. The Labute approximate surface area is 71.0 Å². The van der Waals surface area contributed by atoms with Crippen molar-refractivity contribution < 1.29 is 22.0 Å². The maximum atomic E-state index is 12.7. The van der Waals surface area contributed by atoms with Crippen LogP contribution >= 0.6 is 0 Å². The summed E-state index contributed by atoms with van der Waals surface area (Å²) in [6.45, 7) is -0.387. The Hall–Kier alpha value is -1.13. The summed E-state index contributed by atoms with van der Waals surface area (Å²) in [5.41, 5.74) is -1.32. The highest BCUT2D eigenvalue weighted by atomic mass is 19.2. The van der Waals surface area contributed by atoms with Gasteiger partial charge in [-0.1, -0.05) is 0 Å². The second-order valence-electron chi connectivity index (χ2n) is 2.49. The lowest BCUT2D eigenvalue weighted by Gasteiger charge is -2.06. The summed E-state index contributed by atoms with van der Waals surface area (Å²) in [5, 5.41) is 0. The third kappa shape index (κ3) is 1.38. The number of hydrogen-bond acceptors (Lipinski definition) is 0. The molecule has 13 heavy (non-hydrogen) atoms. The van der Waals surface area contributed by atoms with Crippen LogP contribution in [0.5, 0.6) is 0 Å². The first-order valence-electron chi connectivity index (χ1n) is 3.38. The summed E-state index contributed by atoms with van der Waals surface area (Å²) in [7, 11) is 0. The average molecular weight is 196 g/mol. The molecule has 0 atom stereocenters. The number of rotatable bonds is 1. The average Bonchev–Trinajstić information content (AvgIpc) is 2.13. The molecule has 0 amide bonds. The van der Waals surface area contributed by atoms with Gasteiger partial charge in [0, 0.05) is 5.56 Å². The topological polar surface area (TPSA) is 0 Å². The van der Waals surface area contributed by atoms with Gasteiger partial charge in [0.15, 0.2) is 23.3 Å². The Bertz CT molecular complexity index is 316. The van der Waals surface area contributed by atoms with E-state index < -0.39 is 41.1 Å². The van der Waals surface area contributed by atoms with Gasteiger partial charge in [-0.15, -0.1) is 0 Å². The van der Waals surface area contributed by atoms with E-state index in [1.54, 1.807) is 0 Å². The van der Waals surface area contributed by atoms with Gasteiger partial charge in [-0.3, -0.25) is 0 Å². The third-order valence-electron chi connectivity index (χ3n) is 1.76. The van der Waals surface area contributed by atoms with Gasteiger partial charge in [-0.2, -0.15) is 0 Å². The van der Waals surface area contributed by atoms with Crippen molar-refractivity contribution in [3.05, 3.63) is 34.4 Å². The summed E-state index contributed by atoms with van der Waals surface area (Å²) in [6, 6.07) is 0. The van der Waals surface area contributed by atoms with Crippen molar-refractivity contribution in [2.24, 2.45) is 0 Å². The summed E-state index contributed by atoms with van der Waals surface area (Å²) < 4.78 is 62.3. The van der Waals surface area contributed by atoms with Crippen LogP contribution in [-0.2, 0) is 6.67 Å². The third-order valence-corrected chi connectivity index (χ3v) is 1.76. The lowest BCUT2D eigenvalue weighted by atomic mass is 10.1. The molecule has 0 aliphatic heterocycles. The van der Waals surface area contributed by atoms with Crippen molar-refractivity contribution in [2.45, 2.75) is 13.6 Å².